The van der Waals surface area contributed by atoms with Crippen LogP contribution in [0.25, 0.3) is 0 Å². The SMILES string of the molecule is COC1CCN(C(=O)Oc2cc3c(c4c2C[C@H](O)[C@@](C)(CC/C=C(\C)CCC=C(C)C)O4)CN([C@@H](CCCN2Cc4c(cc(O)c5c4O[C@](C)(CC/C=C(\C)CCC=C(C)C)[C@@H](O)C5)C2=O)C(=O)O)C3=O)CC1. The normalized spacial score (nSPS) is 23.2. The number of rotatable bonds is 20. The van der Waals surface area contributed by atoms with Crippen LogP contribution in [0.2, 0.25) is 0 Å². The number of fused-ring (bicyclic) bond motifs is 6. The summed E-state index contributed by atoms with van der Waals surface area (Å²) in [6, 6.07) is 1.64. The van der Waals surface area contributed by atoms with Crippen molar-refractivity contribution >= 4 is 23.9 Å². The van der Waals surface area contributed by atoms with Crippen LogP contribution in [0.5, 0.6) is 23.0 Å². The molecule has 0 unspecified atom stereocenters. The van der Waals surface area contributed by atoms with Crippen LogP contribution >= 0.6 is 0 Å². The van der Waals surface area contributed by atoms with E-state index in [4.69, 9.17) is 18.9 Å². The lowest BCUT2D eigenvalue weighted by Crippen LogP contribution is -2.49. The molecule has 398 valence electrons. The largest absolute Gasteiger partial charge is 0.508 e. The molecule has 2 aromatic carbocycles. The number of carboxylic acid groups (broad SMARTS) is 1. The highest BCUT2D eigenvalue weighted by atomic mass is 16.6. The number of carboxylic acids is 1. The lowest BCUT2D eigenvalue weighted by molar-refractivity contribution is -0.142. The zero-order valence-corrected chi connectivity index (χ0v) is 44.6. The predicted molar refractivity (Wildman–Crippen MR) is 278 cm³/mol. The van der Waals surface area contributed by atoms with Gasteiger partial charge >= 0.3 is 12.1 Å². The molecular formula is C58H79N3O12. The highest BCUT2D eigenvalue weighted by molar-refractivity contribution is 6.02. The topological polar surface area (TPSA) is 196 Å². The van der Waals surface area contributed by atoms with Gasteiger partial charge in [0, 0.05) is 61.8 Å². The highest BCUT2D eigenvalue weighted by Crippen LogP contribution is 2.49. The summed E-state index contributed by atoms with van der Waals surface area (Å²) in [5, 5.41) is 44.9. The van der Waals surface area contributed by atoms with E-state index in [-0.39, 0.29) is 74.4 Å². The summed E-state index contributed by atoms with van der Waals surface area (Å²) in [5.74, 6) is -1.42. The van der Waals surface area contributed by atoms with Crippen molar-refractivity contribution in [3.8, 4) is 23.0 Å². The number of nitrogens with zero attached hydrogens (tertiary/aromatic N) is 3. The second-order valence-corrected chi connectivity index (χ2v) is 22.0. The van der Waals surface area contributed by atoms with Crippen LogP contribution in [0.4, 0.5) is 4.79 Å². The van der Waals surface area contributed by atoms with Crippen LogP contribution in [-0.2, 0) is 35.5 Å². The number of phenols is 1. The molecule has 0 radical (unpaired) electrons. The number of carbonyl (C=O) groups is 4. The van der Waals surface area contributed by atoms with Crippen molar-refractivity contribution in [2.24, 2.45) is 0 Å². The van der Waals surface area contributed by atoms with Gasteiger partial charge in [0.2, 0.25) is 0 Å². The van der Waals surface area contributed by atoms with Crippen molar-refractivity contribution in [1.29, 1.82) is 0 Å². The van der Waals surface area contributed by atoms with E-state index in [1.807, 2.05) is 13.8 Å². The molecule has 1 saturated heterocycles. The Balaban J connectivity index is 1.07. The summed E-state index contributed by atoms with van der Waals surface area (Å²) in [4.78, 5) is 59.8. The number of likely N-dealkylation sites (tertiary alicyclic amines) is 1. The van der Waals surface area contributed by atoms with E-state index in [1.54, 1.807) is 16.9 Å². The Kier molecular flexibility index (Phi) is 17.6. The lowest BCUT2D eigenvalue weighted by Gasteiger charge is -2.41. The third kappa shape index (κ3) is 12.5. The minimum absolute atomic E-state index is 0.0125. The molecule has 5 heterocycles. The molecule has 3 amide bonds. The zero-order valence-electron chi connectivity index (χ0n) is 44.6. The second kappa shape index (κ2) is 23.3. The van der Waals surface area contributed by atoms with Gasteiger partial charge in [0.1, 0.15) is 40.2 Å². The number of hydrogen-bond acceptors (Lipinski definition) is 11. The number of carbonyl (C=O) groups excluding carboxylic acids is 3. The van der Waals surface area contributed by atoms with Crippen LogP contribution in [0.15, 0.2) is 58.7 Å². The van der Waals surface area contributed by atoms with Gasteiger partial charge in [-0.05, 0) is 145 Å². The van der Waals surface area contributed by atoms with Gasteiger partial charge in [-0.15, -0.1) is 0 Å². The molecule has 15 nitrogen and oxygen atoms in total. The average molecular weight is 1010 g/mol. The number of methoxy groups -OCH3 is 1. The Labute approximate surface area is 431 Å². The number of piperidine rings is 1. The molecule has 7 rings (SSSR count). The van der Waals surface area contributed by atoms with E-state index in [0.29, 0.717) is 90.9 Å². The summed E-state index contributed by atoms with van der Waals surface area (Å²) in [5.41, 5.74) is 5.42. The Morgan fingerprint density at radius 3 is 1.84 bits per heavy atom. The van der Waals surface area contributed by atoms with Gasteiger partial charge in [-0.3, -0.25) is 9.59 Å². The maximum atomic E-state index is 14.5. The summed E-state index contributed by atoms with van der Waals surface area (Å²) in [6.07, 6.45) is 14.1. The van der Waals surface area contributed by atoms with Crippen LogP contribution in [0.1, 0.15) is 175 Å². The number of amides is 3. The van der Waals surface area contributed by atoms with E-state index < -0.39 is 47.4 Å². The maximum absolute atomic E-state index is 14.5. The molecule has 0 bridgehead atoms. The van der Waals surface area contributed by atoms with Crippen molar-refractivity contribution in [1.82, 2.24) is 14.7 Å². The van der Waals surface area contributed by atoms with Crippen LogP contribution in [0, 0.1) is 0 Å². The van der Waals surface area contributed by atoms with Crippen molar-refractivity contribution in [3.05, 3.63) is 92.1 Å². The first-order chi connectivity index (χ1) is 34.6. The first-order valence-corrected chi connectivity index (χ1v) is 26.3. The molecule has 2 aromatic rings. The average Bonchev–Trinajstić information content (AvgIpc) is 3.82. The minimum atomic E-state index is -1.28. The predicted octanol–water partition coefficient (Wildman–Crippen LogP) is 9.90. The number of ether oxygens (including phenoxy) is 4. The molecular weight excluding hydrogens is 931 g/mol. The standard InChI is InChI=1S/C58H79N3O12/c1-35(2)15-10-17-37(5)19-12-24-57(7)49(63)31-42-47(62)29-40-44(51(42)72-57)33-60(53(40)65)26-14-21-46(55(67)68)61-34-45-41(54(61)66)30-48(71-56(69)59-27-22-39(70-9)23-28-59)43-32-50(64)58(8,73-52(43)45)25-13-20-38(6)18-11-16-36(3)4/h15-16,19-20,29-30,39,46,49-50,62-64H,10-14,17-18,21-28,31-34H2,1-9H3,(H,67,68)/b37-19+,38-20+/t46-,49-,50-,57+,58+/m0/s1. The molecule has 15 heteroatoms. The van der Waals surface area contributed by atoms with E-state index in [2.05, 4.69) is 65.8 Å². The first kappa shape index (κ1) is 55.1. The monoisotopic (exact) mass is 1010 g/mol. The molecule has 0 aliphatic carbocycles. The Morgan fingerprint density at radius 2 is 1.29 bits per heavy atom. The van der Waals surface area contributed by atoms with E-state index in [9.17, 15) is 39.6 Å². The van der Waals surface area contributed by atoms with Crippen LogP contribution in [0.3, 0.4) is 0 Å². The number of benzene rings is 2. The summed E-state index contributed by atoms with van der Waals surface area (Å²) in [7, 11) is 1.65. The highest BCUT2D eigenvalue weighted by Gasteiger charge is 2.48. The van der Waals surface area contributed by atoms with Gasteiger partial charge in [-0.1, -0.05) is 46.6 Å². The second-order valence-electron chi connectivity index (χ2n) is 22.0. The van der Waals surface area contributed by atoms with Gasteiger partial charge in [0.25, 0.3) is 11.8 Å². The third-order valence-corrected chi connectivity index (χ3v) is 15.7. The molecule has 5 atom stereocenters. The van der Waals surface area contributed by atoms with E-state index in [0.717, 1.165) is 25.7 Å². The third-order valence-electron chi connectivity index (χ3n) is 15.7. The summed E-state index contributed by atoms with van der Waals surface area (Å²) < 4.78 is 24.9. The zero-order chi connectivity index (χ0) is 52.9. The van der Waals surface area contributed by atoms with Crippen molar-refractivity contribution in [2.75, 3.05) is 26.7 Å². The van der Waals surface area contributed by atoms with Gasteiger partial charge in [-0.2, -0.15) is 0 Å². The number of aliphatic hydroxyl groups excluding tert-OH is 2. The smallest absolute Gasteiger partial charge is 0.415 e. The molecule has 5 aliphatic heterocycles. The van der Waals surface area contributed by atoms with Gasteiger partial charge in [-0.25, -0.2) is 9.59 Å². The molecule has 5 aliphatic rings. The molecule has 1 fully saturated rings. The molecule has 4 N–H and O–H groups in total. The van der Waals surface area contributed by atoms with Crippen molar-refractivity contribution in [2.45, 2.75) is 194 Å². The fraction of sp³-hybridized carbons (Fsp3) is 0.586. The molecule has 0 saturated carbocycles. The minimum Gasteiger partial charge on any atom is -0.508 e. The molecule has 73 heavy (non-hydrogen) atoms. The fourth-order valence-corrected chi connectivity index (χ4v) is 10.9. The quantitative estimate of drug-likeness (QED) is 0.0919. The van der Waals surface area contributed by atoms with Crippen molar-refractivity contribution < 1.29 is 58.6 Å². The van der Waals surface area contributed by atoms with Crippen molar-refractivity contribution in [3.63, 3.8) is 0 Å². The number of hydrogen-bond donors (Lipinski definition) is 4. The van der Waals surface area contributed by atoms with Gasteiger partial charge in [0.05, 0.1) is 42.5 Å². The number of aliphatic hydroxyl groups is 2. The van der Waals surface area contributed by atoms with Gasteiger partial charge < -0.3 is 54.1 Å². The van der Waals surface area contributed by atoms with Crippen LogP contribution < -0.4 is 14.2 Å². The lowest BCUT2D eigenvalue weighted by atomic mass is 9.84. The van der Waals surface area contributed by atoms with E-state index >= 15 is 0 Å². The first-order valence-electron chi connectivity index (χ1n) is 26.3. The number of aromatic hydroxyl groups is 1. The fourth-order valence-electron chi connectivity index (χ4n) is 10.9. The Bertz CT molecular complexity index is 2550. The van der Waals surface area contributed by atoms with E-state index in [1.165, 1.54) is 39.3 Å². The molecule has 0 aromatic heterocycles. The summed E-state index contributed by atoms with van der Waals surface area (Å²) in [6.45, 7) is 17.3. The number of phenolic OH excluding ortho intramolecular Hbond substituents is 1. The molecule has 0 spiro atoms. The van der Waals surface area contributed by atoms with Crippen LogP contribution in [-0.4, -0.2) is 121 Å². The number of aliphatic carboxylic acids is 1. The Hall–Kier alpha value is -5.64. The van der Waals surface area contributed by atoms with Gasteiger partial charge in [0.15, 0.2) is 0 Å². The summed E-state index contributed by atoms with van der Waals surface area (Å²) >= 11 is 0. The Morgan fingerprint density at radius 1 is 0.753 bits per heavy atom. The maximum Gasteiger partial charge on any atom is 0.415 e. The number of allylic oxidation sites excluding steroid dienone is 8.